The zero-order chi connectivity index (χ0) is 15.6. The molecule has 1 heterocycles. The van der Waals surface area contributed by atoms with Gasteiger partial charge in [-0.3, -0.25) is 0 Å². The lowest BCUT2D eigenvalue weighted by molar-refractivity contribution is -0.137. The molecule has 0 saturated carbocycles. The molecule has 6 heteroatoms. The van der Waals surface area contributed by atoms with E-state index in [1.54, 1.807) is 19.2 Å². The Labute approximate surface area is 121 Å². The molecular formula is C15H18F3N3. The van der Waals surface area contributed by atoms with Gasteiger partial charge in [-0.2, -0.15) is 18.3 Å². The third-order valence-corrected chi connectivity index (χ3v) is 3.35. The van der Waals surface area contributed by atoms with Crippen LogP contribution in [-0.4, -0.2) is 15.8 Å². The van der Waals surface area contributed by atoms with Crippen LogP contribution in [0.1, 0.15) is 30.0 Å². The van der Waals surface area contributed by atoms with E-state index in [4.69, 9.17) is 5.73 Å². The summed E-state index contributed by atoms with van der Waals surface area (Å²) in [6.45, 7) is 3.70. The van der Waals surface area contributed by atoms with Crippen LogP contribution in [0.25, 0.3) is 5.69 Å². The average molecular weight is 297 g/mol. The monoisotopic (exact) mass is 297 g/mol. The minimum atomic E-state index is -4.43. The number of aromatic nitrogens is 2. The minimum Gasteiger partial charge on any atom is -0.327 e. The van der Waals surface area contributed by atoms with Gasteiger partial charge in [-0.1, -0.05) is 13.0 Å². The van der Waals surface area contributed by atoms with Crippen LogP contribution in [-0.2, 0) is 12.6 Å². The molecule has 0 aliphatic carbocycles. The van der Waals surface area contributed by atoms with Crippen LogP contribution in [0.5, 0.6) is 0 Å². The van der Waals surface area contributed by atoms with Crippen LogP contribution in [0.3, 0.4) is 0 Å². The molecule has 0 bridgehead atoms. The van der Waals surface area contributed by atoms with E-state index in [1.807, 2.05) is 6.92 Å². The summed E-state index contributed by atoms with van der Waals surface area (Å²) in [5, 5.41) is 3.96. The highest BCUT2D eigenvalue weighted by atomic mass is 19.4. The molecule has 0 aliphatic rings. The van der Waals surface area contributed by atoms with Crippen LogP contribution in [0.4, 0.5) is 13.2 Å². The summed E-state index contributed by atoms with van der Waals surface area (Å²) in [6.07, 6.45) is -0.177. The Kier molecular flexibility index (Phi) is 4.37. The van der Waals surface area contributed by atoms with Crippen LogP contribution in [0.2, 0.25) is 0 Å². The fraction of sp³-hybridized carbons (Fsp3) is 0.400. The van der Waals surface area contributed by atoms with Gasteiger partial charge in [-0.15, -0.1) is 0 Å². The molecule has 0 spiro atoms. The standard InChI is InChI=1S/C15H18F3N3/c1-3-12(19)6-11-4-5-14(13(7-11)15(16,17)18)21-9-10(2)8-20-21/h4-5,7-9,12H,3,6,19H2,1-2H3. The first kappa shape index (κ1) is 15.6. The Morgan fingerprint density at radius 2 is 2.05 bits per heavy atom. The van der Waals surface area contributed by atoms with Crippen LogP contribution >= 0.6 is 0 Å². The second-order valence-corrected chi connectivity index (χ2v) is 5.18. The number of benzene rings is 1. The molecule has 1 aromatic carbocycles. The van der Waals surface area contributed by atoms with Crippen molar-refractivity contribution in [1.29, 1.82) is 0 Å². The maximum atomic E-state index is 13.3. The number of hydrogen-bond donors (Lipinski definition) is 1. The van der Waals surface area contributed by atoms with Crippen molar-refractivity contribution in [2.24, 2.45) is 5.73 Å². The molecule has 2 N–H and O–H groups in total. The maximum Gasteiger partial charge on any atom is 0.418 e. The molecule has 0 aliphatic heterocycles. The number of rotatable bonds is 4. The van der Waals surface area contributed by atoms with Crippen LogP contribution in [0, 0.1) is 6.92 Å². The van der Waals surface area contributed by atoms with E-state index in [2.05, 4.69) is 5.10 Å². The number of halogens is 3. The van der Waals surface area contributed by atoms with Crippen molar-refractivity contribution in [3.05, 3.63) is 47.3 Å². The second-order valence-electron chi connectivity index (χ2n) is 5.18. The summed E-state index contributed by atoms with van der Waals surface area (Å²) in [6, 6.07) is 4.16. The van der Waals surface area contributed by atoms with Crippen molar-refractivity contribution >= 4 is 0 Å². The second kappa shape index (κ2) is 5.89. The Morgan fingerprint density at radius 1 is 1.33 bits per heavy atom. The van der Waals surface area contributed by atoms with Gasteiger partial charge < -0.3 is 5.73 Å². The predicted molar refractivity (Wildman–Crippen MR) is 75.3 cm³/mol. The predicted octanol–water partition coefficient (Wildman–Crippen LogP) is 3.48. The molecule has 1 aromatic heterocycles. The summed E-state index contributed by atoms with van der Waals surface area (Å²) < 4.78 is 41.1. The smallest absolute Gasteiger partial charge is 0.327 e. The van der Waals surface area contributed by atoms with Crippen molar-refractivity contribution < 1.29 is 13.2 Å². The van der Waals surface area contributed by atoms with Crippen molar-refractivity contribution in [3.8, 4) is 5.69 Å². The van der Waals surface area contributed by atoms with Gasteiger partial charge in [0.25, 0.3) is 0 Å². The molecule has 0 saturated heterocycles. The quantitative estimate of drug-likeness (QED) is 0.939. The van der Waals surface area contributed by atoms with Gasteiger partial charge in [-0.05, 0) is 43.0 Å². The average Bonchev–Trinajstić information content (AvgIpc) is 2.84. The molecule has 1 atom stereocenters. The fourth-order valence-electron chi connectivity index (χ4n) is 2.13. The Morgan fingerprint density at radius 3 is 2.57 bits per heavy atom. The summed E-state index contributed by atoms with van der Waals surface area (Å²) >= 11 is 0. The van der Waals surface area contributed by atoms with E-state index in [0.29, 0.717) is 12.0 Å². The van der Waals surface area contributed by atoms with E-state index in [9.17, 15) is 13.2 Å². The molecule has 0 fully saturated rings. The number of nitrogens with two attached hydrogens (primary N) is 1. The SMILES string of the molecule is CCC(N)Cc1ccc(-n2cc(C)cn2)c(C(F)(F)F)c1. The summed E-state index contributed by atoms with van der Waals surface area (Å²) in [7, 11) is 0. The summed E-state index contributed by atoms with van der Waals surface area (Å²) in [5.74, 6) is 0. The zero-order valence-corrected chi connectivity index (χ0v) is 12.0. The lowest BCUT2D eigenvalue weighted by Crippen LogP contribution is -2.22. The fourth-order valence-corrected chi connectivity index (χ4v) is 2.13. The molecule has 0 radical (unpaired) electrons. The molecule has 21 heavy (non-hydrogen) atoms. The lowest BCUT2D eigenvalue weighted by atomic mass is 10.0. The number of nitrogens with zero attached hydrogens (tertiary/aromatic N) is 2. The van der Waals surface area contributed by atoms with E-state index in [0.717, 1.165) is 12.0 Å². The maximum absolute atomic E-state index is 13.3. The van der Waals surface area contributed by atoms with E-state index >= 15 is 0 Å². The van der Waals surface area contributed by atoms with E-state index < -0.39 is 11.7 Å². The highest BCUT2D eigenvalue weighted by molar-refractivity contribution is 5.45. The third kappa shape index (κ3) is 3.64. The lowest BCUT2D eigenvalue weighted by Gasteiger charge is -2.16. The first-order valence-corrected chi connectivity index (χ1v) is 6.78. The van der Waals surface area contributed by atoms with Crippen molar-refractivity contribution in [2.45, 2.75) is 38.9 Å². The van der Waals surface area contributed by atoms with Crippen molar-refractivity contribution in [2.75, 3.05) is 0 Å². The van der Waals surface area contributed by atoms with Gasteiger partial charge in [0.05, 0.1) is 17.4 Å². The van der Waals surface area contributed by atoms with Gasteiger partial charge in [0.15, 0.2) is 0 Å². The number of hydrogen-bond acceptors (Lipinski definition) is 2. The summed E-state index contributed by atoms with van der Waals surface area (Å²) in [5.41, 5.74) is 6.55. The Hall–Kier alpha value is -1.82. The first-order chi connectivity index (χ1) is 9.81. The topological polar surface area (TPSA) is 43.8 Å². The Bertz CT molecular complexity index is 617. The molecule has 114 valence electrons. The van der Waals surface area contributed by atoms with Gasteiger partial charge in [0.2, 0.25) is 0 Å². The number of alkyl halides is 3. The van der Waals surface area contributed by atoms with Crippen molar-refractivity contribution in [3.63, 3.8) is 0 Å². The largest absolute Gasteiger partial charge is 0.418 e. The normalized spacial score (nSPS) is 13.4. The van der Waals surface area contributed by atoms with Crippen LogP contribution < -0.4 is 5.73 Å². The summed E-state index contributed by atoms with van der Waals surface area (Å²) in [4.78, 5) is 0. The molecule has 2 rings (SSSR count). The highest BCUT2D eigenvalue weighted by Gasteiger charge is 2.34. The van der Waals surface area contributed by atoms with Crippen LogP contribution in [0.15, 0.2) is 30.6 Å². The highest BCUT2D eigenvalue weighted by Crippen LogP contribution is 2.34. The molecule has 3 nitrogen and oxygen atoms in total. The Balaban J connectivity index is 2.46. The molecular weight excluding hydrogens is 279 g/mol. The van der Waals surface area contributed by atoms with Gasteiger partial charge >= 0.3 is 6.18 Å². The minimum absolute atomic E-state index is 0.0319. The third-order valence-electron chi connectivity index (χ3n) is 3.35. The molecule has 0 amide bonds. The van der Waals surface area contributed by atoms with Crippen molar-refractivity contribution in [1.82, 2.24) is 9.78 Å². The van der Waals surface area contributed by atoms with Gasteiger partial charge in [0, 0.05) is 12.2 Å². The van der Waals surface area contributed by atoms with Gasteiger partial charge in [-0.25, -0.2) is 4.68 Å². The molecule has 2 aromatic rings. The van der Waals surface area contributed by atoms with E-state index in [-0.39, 0.29) is 11.7 Å². The first-order valence-electron chi connectivity index (χ1n) is 6.78. The number of aryl methyl sites for hydroxylation is 1. The molecule has 1 unspecified atom stereocenters. The van der Waals surface area contributed by atoms with Gasteiger partial charge in [0.1, 0.15) is 0 Å². The zero-order valence-electron chi connectivity index (χ0n) is 12.0. The van der Waals surface area contributed by atoms with E-state index in [1.165, 1.54) is 23.0 Å².